The van der Waals surface area contributed by atoms with Gasteiger partial charge in [-0.05, 0) is 42.0 Å². The number of primary amides is 1. The molecule has 0 unspecified atom stereocenters. The van der Waals surface area contributed by atoms with E-state index in [4.69, 9.17) is 22.1 Å². The van der Waals surface area contributed by atoms with Crippen molar-refractivity contribution < 1.29 is 14.3 Å². The molecule has 1 atom stereocenters. The number of esters is 1. The van der Waals surface area contributed by atoms with Crippen LogP contribution in [0.25, 0.3) is 0 Å². The van der Waals surface area contributed by atoms with E-state index < -0.39 is 18.1 Å². The number of nitrogens with zero attached hydrogens (tertiary/aromatic N) is 1. The zero-order valence-electron chi connectivity index (χ0n) is 14.8. The number of nitrogens with two attached hydrogens (primary N) is 1. The Morgan fingerprint density at radius 3 is 2.29 bits per heavy atom. The van der Waals surface area contributed by atoms with Gasteiger partial charge in [0, 0.05) is 17.0 Å². The first-order valence-electron chi connectivity index (χ1n) is 8.77. The minimum atomic E-state index is -0.593. The lowest BCUT2D eigenvalue weighted by Crippen LogP contribution is -2.32. The van der Waals surface area contributed by atoms with Crippen LogP contribution in [0.1, 0.15) is 27.6 Å². The third-order valence-electron chi connectivity index (χ3n) is 4.71. The second kappa shape index (κ2) is 7.37. The molecular formula is C22H17ClN2O3. The number of carbonyl (C=O) groups is 2. The van der Waals surface area contributed by atoms with Crippen molar-refractivity contribution >= 4 is 35.0 Å². The fourth-order valence-electron chi connectivity index (χ4n) is 3.43. The molecule has 2 N–H and O–H groups in total. The van der Waals surface area contributed by atoms with Crippen LogP contribution in [0.5, 0.6) is 0 Å². The number of urea groups is 1. The average Bonchev–Trinajstić information content (AvgIpc) is 2.83. The van der Waals surface area contributed by atoms with Crippen molar-refractivity contribution in [3.8, 4) is 0 Å². The van der Waals surface area contributed by atoms with Crippen LogP contribution in [0.2, 0.25) is 5.02 Å². The lowest BCUT2D eigenvalue weighted by Gasteiger charge is -2.23. The molecule has 28 heavy (non-hydrogen) atoms. The van der Waals surface area contributed by atoms with E-state index >= 15 is 0 Å². The molecular weight excluding hydrogens is 376 g/mol. The molecule has 0 fully saturated rings. The molecule has 1 heterocycles. The van der Waals surface area contributed by atoms with E-state index in [1.165, 1.54) is 4.90 Å². The van der Waals surface area contributed by atoms with Crippen LogP contribution in [-0.4, -0.2) is 12.0 Å². The Kier molecular flexibility index (Phi) is 4.75. The van der Waals surface area contributed by atoms with Crippen LogP contribution in [0.3, 0.4) is 0 Å². The number of halogens is 1. The van der Waals surface area contributed by atoms with E-state index in [-0.39, 0.29) is 0 Å². The summed E-state index contributed by atoms with van der Waals surface area (Å²) in [6.07, 6.45) is -0.138. The third kappa shape index (κ3) is 3.32. The Balaban J connectivity index is 1.77. The number of para-hydroxylation sites is 2. The SMILES string of the molecule is NC(=O)N1c2ccccc2C[C@@H](OC(=O)c2ccc(Cl)cc2)c2ccccc21. The third-order valence-corrected chi connectivity index (χ3v) is 4.96. The fraction of sp³-hybridized carbons (Fsp3) is 0.0909. The van der Waals surface area contributed by atoms with Crippen molar-refractivity contribution in [1.29, 1.82) is 0 Å². The van der Waals surface area contributed by atoms with Crippen molar-refractivity contribution in [2.45, 2.75) is 12.5 Å². The minimum Gasteiger partial charge on any atom is -0.453 e. The molecule has 0 spiro atoms. The standard InChI is InChI=1S/C22H17ClN2O3/c23-16-11-9-14(10-12-16)21(26)28-20-13-15-5-1-3-7-18(15)25(22(24)27)19-8-4-2-6-17(19)20/h1-12,20H,13H2,(H2,24,27)/t20-/m1/s1. The molecule has 4 rings (SSSR count). The van der Waals surface area contributed by atoms with Gasteiger partial charge in [-0.2, -0.15) is 0 Å². The predicted octanol–water partition coefficient (Wildman–Crippen LogP) is 5.01. The number of benzene rings is 3. The summed E-state index contributed by atoms with van der Waals surface area (Å²) in [6, 6.07) is 20.7. The highest BCUT2D eigenvalue weighted by molar-refractivity contribution is 6.30. The Bertz CT molecular complexity index is 1050. The van der Waals surface area contributed by atoms with E-state index in [1.807, 2.05) is 42.5 Å². The van der Waals surface area contributed by atoms with Crippen molar-refractivity contribution in [3.05, 3.63) is 94.5 Å². The Hall–Kier alpha value is -3.31. The minimum absolute atomic E-state index is 0.408. The number of ether oxygens (including phenoxy) is 1. The Morgan fingerprint density at radius 2 is 1.57 bits per heavy atom. The first-order chi connectivity index (χ1) is 13.5. The van der Waals surface area contributed by atoms with E-state index in [0.29, 0.717) is 28.4 Å². The Morgan fingerprint density at radius 1 is 0.929 bits per heavy atom. The molecule has 0 saturated heterocycles. The van der Waals surface area contributed by atoms with Crippen LogP contribution in [0.4, 0.5) is 16.2 Å². The summed E-state index contributed by atoms with van der Waals surface area (Å²) in [4.78, 5) is 26.4. The first kappa shape index (κ1) is 18.1. The molecule has 5 nitrogen and oxygen atoms in total. The maximum absolute atomic E-state index is 12.7. The molecule has 0 aromatic heterocycles. The van der Waals surface area contributed by atoms with Gasteiger partial charge in [0.25, 0.3) is 0 Å². The van der Waals surface area contributed by atoms with Gasteiger partial charge >= 0.3 is 12.0 Å². The van der Waals surface area contributed by atoms with Gasteiger partial charge < -0.3 is 10.5 Å². The van der Waals surface area contributed by atoms with E-state index in [9.17, 15) is 9.59 Å². The summed E-state index contributed by atoms with van der Waals surface area (Å²) in [5.74, 6) is -0.457. The number of anilines is 2. The summed E-state index contributed by atoms with van der Waals surface area (Å²) in [7, 11) is 0. The molecule has 0 aliphatic carbocycles. The largest absolute Gasteiger partial charge is 0.453 e. The number of fused-ring (bicyclic) bond motifs is 2. The van der Waals surface area contributed by atoms with Crippen molar-refractivity contribution in [1.82, 2.24) is 0 Å². The monoisotopic (exact) mass is 392 g/mol. The highest BCUT2D eigenvalue weighted by Gasteiger charge is 2.31. The topological polar surface area (TPSA) is 72.6 Å². The van der Waals surface area contributed by atoms with Crippen LogP contribution >= 0.6 is 11.6 Å². The van der Waals surface area contributed by atoms with Crippen molar-refractivity contribution in [3.63, 3.8) is 0 Å². The predicted molar refractivity (Wildman–Crippen MR) is 108 cm³/mol. The molecule has 3 aromatic carbocycles. The molecule has 6 heteroatoms. The average molecular weight is 393 g/mol. The van der Waals surface area contributed by atoms with Gasteiger partial charge in [-0.3, -0.25) is 4.90 Å². The smallest absolute Gasteiger partial charge is 0.338 e. The van der Waals surface area contributed by atoms with Gasteiger partial charge in [0.15, 0.2) is 0 Å². The molecule has 2 amide bonds. The zero-order chi connectivity index (χ0) is 19.7. The molecule has 140 valence electrons. The number of hydrogen-bond donors (Lipinski definition) is 1. The van der Waals surface area contributed by atoms with Gasteiger partial charge in [-0.15, -0.1) is 0 Å². The zero-order valence-corrected chi connectivity index (χ0v) is 15.6. The van der Waals surface area contributed by atoms with E-state index in [2.05, 4.69) is 0 Å². The van der Waals surface area contributed by atoms with Gasteiger partial charge in [0.2, 0.25) is 0 Å². The maximum Gasteiger partial charge on any atom is 0.338 e. The second-order valence-corrected chi connectivity index (χ2v) is 6.90. The van der Waals surface area contributed by atoms with E-state index in [1.54, 1.807) is 30.3 Å². The van der Waals surface area contributed by atoms with Crippen LogP contribution in [0, 0.1) is 0 Å². The highest BCUT2D eigenvalue weighted by atomic mass is 35.5. The Labute approximate surface area is 167 Å². The lowest BCUT2D eigenvalue weighted by molar-refractivity contribution is 0.0300. The number of hydrogen-bond acceptors (Lipinski definition) is 3. The maximum atomic E-state index is 12.7. The van der Waals surface area contributed by atoms with Gasteiger partial charge in [-0.25, -0.2) is 9.59 Å². The van der Waals surface area contributed by atoms with Gasteiger partial charge in [0.1, 0.15) is 6.10 Å². The number of carbonyl (C=O) groups excluding carboxylic acids is 2. The quantitative estimate of drug-likeness (QED) is 0.623. The summed E-state index contributed by atoms with van der Waals surface area (Å²) < 4.78 is 5.85. The molecule has 1 aliphatic heterocycles. The second-order valence-electron chi connectivity index (χ2n) is 6.47. The first-order valence-corrected chi connectivity index (χ1v) is 9.15. The van der Waals surface area contributed by atoms with E-state index in [0.717, 1.165) is 11.1 Å². The van der Waals surface area contributed by atoms with Crippen LogP contribution in [-0.2, 0) is 11.2 Å². The van der Waals surface area contributed by atoms with Crippen molar-refractivity contribution in [2.75, 3.05) is 4.90 Å². The molecule has 3 aromatic rings. The summed E-state index contributed by atoms with van der Waals surface area (Å²) in [6.45, 7) is 0. The summed E-state index contributed by atoms with van der Waals surface area (Å²) >= 11 is 5.90. The molecule has 0 radical (unpaired) electrons. The van der Waals surface area contributed by atoms with Crippen LogP contribution < -0.4 is 10.6 Å². The normalized spacial score (nSPS) is 15.2. The number of rotatable bonds is 2. The molecule has 0 bridgehead atoms. The lowest BCUT2D eigenvalue weighted by atomic mass is 10.0. The summed E-state index contributed by atoms with van der Waals surface area (Å²) in [5, 5.41) is 0.544. The molecule has 1 aliphatic rings. The summed E-state index contributed by atoms with van der Waals surface area (Å²) in [5.41, 5.74) is 8.98. The molecule has 0 saturated carbocycles. The van der Waals surface area contributed by atoms with Crippen LogP contribution in [0.15, 0.2) is 72.8 Å². The van der Waals surface area contributed by atoms with Gasteiger partial charge in [0.05, 0.1) is 16.9 Å². The highest BCUT2D eigenvalue weighted by Crippen LogP contribution is 2.41. The van der Waals surface area contributed by atoms with Crippen molar-refractivity contribution in [2.24, 2.45) is 5.73 Å². The van der Waals surface area contributed by atoms with Gasteiger partial charge in [-0.1, -0.05) is 48.0 Å². The fourth-order valence-corrected chi connectivity index (χ4v) is 3.56. The number of amides is 2.